The second kappa shape index (κ2) is 10.1. The summed E-state index contributed by atoms with van der Waals surface area (Å²) in [5.41, 5.74) is 0.493. The molecule has 3 unspecified atom stereocenters. The molecule has 41 heavy (non-hydrogen) atoms. The van der Waals surface area contributed by atoms with Gasteiger partial charge < -0.3 is 9.88 Å². The van der Waals surface area contributed by atoms with Gasteiger partial charge in [-0.25, -0.2) is 8.78 Å². The molecule has 1 amide bonds. The fourth-order valence-electron chi connectivity index (χ4n) is 9.83. The number of carbonyl (C=O) groups is 1. The van der Waals surface area contributed by atoms with Crippen LogP contribution < -0.4 is 5.32 Å². The topological polar surface area (TPSA) is 63.1 Å². The summed E-state index contributed by atoms with van der Waals surface area (Å²) >= 11 is 0. The maximum atomic E-state index is 14.9. The van der Waals surface area contributed by atoms with Crippen molar-refractivity contribution in [2.24, 2.45) is 23.2 Å². The number of amides is 1. The van der Waals surface area contributed by atoms with Crippen LogP contribution in [0.3, 0.4) is 0 Å². The van der Waals surface area contributed by atoms with Crippen molar-refractivity contribution in [3.05, 3.63) is 47.5 Å². The molecule has 222 valence electrons. The van der Waals surface area contributed by atoms with Crippen molar-refractivity contribution >= 4 is 5.91 Å². The van der Waals surface area contributed by atoms with Crippen molar-refractivity contribution < 1.29 is 13.6 Å². The Balaban J connectivity index is 1.06. The molecule has 8 heteroatoms. The molecule has 6 fully saturated rings. The summed E-state index contributed by atoms with van der Waals surface area (Å²) in [6, 6.07) is 11.6. The molecule has 3 heterocycles. The van der Waals surface area contributed by atoms with E-state index < -0.39 is 23.2 Å². The Bertz CT molecular complexity index is 1250. The second-order valence-electron chi connectivity index (χ2n) is 14.4. The molecular weight excluding hydrogens is 520 g/mol. The van der Waals surface area contributed by atoms with E-state index in [0.717, 1.165) is 49.4 Å². The molecule has 6 atom stereocenters. The van der Waals surface area contributed by atoms with E-state index >= 15 is 0 Å². The van der Waals surface area contributed by atoms with Crippen LogP contribution in [0.15, 0.2) is 30.3 Å². The minimum absolute atomic E-state index is 0.0206. The molecule has 1 aromatic carbocycles. The largest absolute Gasteiger partial charge is 0.349 e. The number of piperidine rings is 1. The highest BCUT2D eigenvalue weighted by Crippen LogP contribution is 2.65. The Morgan fingerprint density at radius 1 is 0.976 bits per heavy atom. The van der Waals surface area contributed by atoms with Gasteiger partial charge in [-0.1, -0.05) is 44.2 Å². The maximum Gasteiger partial charge on any atom is 0.253 e. The molecule has 0 radical (unpaired) electrons. The van der Waals surface area contributed by atoms with Crippen molar-refractivity contribution in [2.75, 3.05) is 6.54 Å². The predicted octanol–water partition coefficient (Wildman–Crippen LogP) is 6.59. The summed E-state index contributed by atoms with van der Waals surface area (Å²) in [5.74, 6) is -1.11. The normalized spacial score (nSPS) is 36.1. The molecule has 1 aromatic heterocycles. The van der Waals surface area contributed by atoms with Crippen LogP contribution >= 0.6 is 0 Å². The van der Waals surface area contributed by atoms with E-state index in [9.17, 15) is 13.6 Å². The first-order valence-corrected chi connectivity index (χ1v) is 16.1. The molecule has 1 N–H and O–H groups in total. The third kappa shape index (κ3) is 4.63. The van der Waals surface area contributed by atoms with Gasteiger partial charge in [0, 0.05) is 42.4 Å². The third-order valence-electron chi connectivity index (χ3n) is 11.6. The summed E-state index contributed by atoms with van der Waals surface area (Å²) in [7, 11) is 0. The Morgan fingerprint density at radius 3 is 2.27 bits per heavy atom. The Hall–Kier alpha value is -2.35. The quantitative estimate of drug-likeness (QED) is 0.392. The van der Waals surface area contributed by atoms with Crippen LogP contribution in [0.2, 0.25) is 0 Å². The highest BCUT2D eigenvalue weighted by Gasteiger charge is 2.66. The van der Waals surface area contributed by atoms with E-state index in [-0.39, 0.29) is 17.9 Å². The number of aryl methyl sites for hydroxylation is 1. The zero-order valence-electron chi connectivity index (χ0n) is 24.7. The Kier molecular flexibility index (Phi) is 6.79. The molecule has 4 aliphatic carbocycles. The summed E-state index contributed by atoms with van der Waals surface area (Å²) < 4.78 is 32.3. The number of halogens is 2. The number of hydrogen-bond acceptors (Lipinski definition) is 4. The minimum Gasteiger partial charge on any atom is -0.349 e. The Morgan fingerprint density at radius 2 is 1.63 bits per heavy atom. The standard InChI is InChI=1S/C33H45F2N5O/c1-20(2)30-38-37-21(3)40(30)28-15-26-9-10-27(16-28)39(26)12-11-29(23-7-5-4-6-8-23)36-31(41)32-17-22-13-24(18-32)33(34,35)25(14-22)19-32/h4-8,20,22,24-29H,9-19H2,1-3H3,(H,36,41)/t22?,24?,25?,26-,27+,28?,29-,32?/m0/s1. The second-order valence-corrected chi connectivity index (χ2v) is 14.4. The van der Waals surface area contributed by atoms with Gasteiger partial charge in [-0.15, -0.1) is 10.2 Å². The zero-order valence-corrected chi connectivity index (χ0v) is 24.7. The lowest BCUT2D eigenvalue weighted by Gasteiger charge is -2.58. The van der Waals surface area contributed by atoms with Crippen molar-refractivity contribution in [1.29, 1.82) is 0 Å². The van der Waals surface area contributed by atoms with Gasteiger partial charge in [0.1, 0.15) is 11.6 Å². The average Bonchev–Trinajstić information content (AvgIpc) is 3.44. The number of rotatable bonds is 8. The van der Waals surface area contributed by atoms with Crippen LogP contribution in [0.25, 0.3) is 0 Å². The van der Waals surface area contributed by atoms with E-state index in [4.69, 9.17) is 0 Å². The number of fused-ring (bicyclic) bond motifs is 2. The number of aromatic nitrogens is 3. The number of carbonyl (C=O) groups excluding carboxylic acids is 1. The molecular formula is C33H45F2N5O. The van der Waals surface area contributed by atoms with Gasteiger partial charge in [-0.2, -0.15) is 0 Å². The highest BCUT2D eigenvalue weighted by atomic mass is 19.3. The van der Waals surface area contributed by atoms with Gasteiger partial charge in [0.2, 0.25) is 5.91 Å². The zero-order chi connectivity index (χ0) is 28.5. The van der Waals surface area contributed by atoms with Crippen molar-refractivity contribution in [2.45, 2.75) is 121 Å². The van der Waals surface area contributed by atoms with Crippen LogP contribution in [-0.4, -0.2) is 50.1 Å². The number of hydrogen-bond donors (Lipinski definition) is 1. The van der Waals surface area contributed by atoms with E-state index in [1.165, 1.54) is 12.8 Å². The summed E-state index contributed by atoms with van der Waals surface area (Å²) in [6.07, 6.45) is 8.13. The van der Waals surface area contributed by atoms with Gasteiger partial charge in [-0.05, 0) is 82.6 Å². The van der Waals surface area contributed by atoms with E-state index in [2.05, 4.69) is 57.9 Å². The van der Waals surface area contributed by atoms with Crippen molar-refractivity contribution in [3.63, 3.8) is 0 Å². The van der Waals surface area contributed by atoms with E-state index in [1.54, 1.807) is 0 Å². The predicted molar refractivity (Wildman–Crippen MR) is 154 cm³/mol. The van der Waals surface area contributed by atoms with Crippen LogP contribution in [0.5, 0.6) is 0 Å². The fourth-order valence-corrected chi connectivity index (χ4v) is 9.83. The molecule has 6 nitrogen and oxygen atoms in total. The lowest BCUT2D eigenvalue weighted by atomic mass is 9.48. The maximum absolute atomic E-state index is 14.9. The molecule has 6 aliphatic rings. The van der Waals surface area contributed by atoms with Gasteiger partial charge in [0.25, 0.3) is 5.92 Å². The highest BCUT2D eigenvalue weighted by molar-refractivity contribution is 5.83. The number of nitrogens with one attached hydrogen (secondary N) is 1. The first-order chi connectivity index (χ1) is 19.6. The van der Waals surface area contributed by atoms with Crippen LogP contribution in [0.4, 0.5) is 8.78 Å². The summed E-state index contributed by atoms with van der Waals surface area (Å²) in [4.78, 5) is 16.7. The smallest absolute Gasteiger partial charge is 0.253 e. The number of alkyl halides is 2. The van der Waals surface area contributed by atoms with Crippen LogP contribution in [0, 0.1) is 30.1 Å². The van der Waals surface area contributed by atoms with Gasteiger partial charge >= 0.3 is 0 Å². The van der Waals surface area contributed by atoms with Crippen molar-refractivity contribution in [1.82, 2.24) is 25.0 Å². The van der Waals surface area contributed by atoms with Gasteiger partial charge in [0.15, 0.2) is 0 Å². The van der Waals surface area contributed by atoms with Gasteiger partial charge in [0.05, 0.1) is 11.5 Å². The van der Waals surface area contributed by atoms with E-state index in [0.29, 0.717) is 49.7 Å². The first kappa shape index (κ1) is 27.5. The molecule has 0 spiro atoms. The Labute approximate surface area is 242 Å². The van der Waals surface area contributed by atoms with Crippen molar-refractivity contribution in [3.8, 4) is 0 Å². The van der Waals surface area contributed by atoms with Crippen LogP contribution in [-0.2, 0) is 4.79 Å². The number of benzene rings is 1. The lowest BCUT2D eigenvalue weighted by Crippen LogP contribution is -2.61. The lowest BCUT2D eigenvalue weighted by molar-refractivity contribution is -0.224. The molecule has 6 bridgehead atoms. The first-order valence-electron chi connectivity index (χ1n) is 16.1. The monoisotopic (exact) mass is 565 g/mol. The molecule has 2 aliphatic heterocycles. The third-order valence-corrected chi connectivity index (χ3v) is 11.6. The molecule has 8 rings (SSSR count). The minimum atomic E-state index is -2.60. The molecule has 4 saturated carbocycles. The fraction of sp³-hybridized carbons (Fsp3) is 0.727. The summed E-state index contributed by atoms with van der Waals surface area (Å²) in [5, 5.41) is 12.3. The average molecular weight is 566 g/mol. The molecule has 2 aromatic rings. The number of nitrogens with zero attached hydrogens (tertiary/aromatic N) is 4. The SMILES string of the molecule is Cc1nnc(C(C)C)n1C1C[C@H]2CC[C@@H](C1)N2CC[C@H](NC(=O)C12CC3CC(C1)C(F)(F)C(C3)C2)c1ccccc1. The molecule has 2 saturated heterocycles. The van der Waals surface area contributed by atoms with Crippen LogP contribution in [0.1, 0.15) is 113 Å². The summed E-state index contributed by atoms with van der Waals surface area (Å²) in [6.45, 7) is 7.39. The van der Waals surface area contributed by atoms with Gasteiger partial charge in [-0.3, -0.25) is 9.69 Å². The van der Waals surface area contributed by atoms with E-state index in [1.807, 2.05) is 18.2 Å².